The van der Waals surface area contributed by atoms with Gasteiger partial charge in [-0.3, -0.25) is 9.69 Å². The zero-order valence-corrected chi connectivity index (χ0v) is 14.8. The Kier molecular flexibility index (Phi) is 5.01. The smallest absolute Gasteiger partial charge is 0.231 e. The molecule has 2 fully saturated rings. The summed E-state index contributed by atoms with van der Waals surface area (Å²) >= 11 is 0. The second-order valence-electron chi connectivity index (χ2n) is 6.95. The second-order valence-corrected chi connectivity index (χ2v) is 6.95. The van der Waals surface area contributed by atoms with E-state index in [2.05, 4.69) is 19.8 Å². The number of anilines is 1. The third-order valence-electron chi connectivity index (χ3n) is 5.23. The summed E-state index contributed by atoms with van der Waals surface area (Å²) in [5.74, 6) is 0.944. The van der Waals surface area contributed by atoms with Crippen LogP contribution in [0, 0.1) is 5.41 Å². The van der Waals surface area contributed by atoms with E-state index in [-0.39, 0.29) is 17.4 Å². The Balaban J connectivity index is 1.92. The van der Waals surface area contributed by atoms with Crippen LogP contribution < -0.4 is 4.90 Å². The minimum absolute atomic E-state index is 0.111. The molecule has 2 aliphatic heterocycles. The molecule has 1 aromatic heterocycles. The molecule has 0 aliphatic carbocycles. The van der Waals surface area contributed by atoms with Crippen LogP contribution in [0.3, 0.4) is 0 Å². The van der Waals surface area contributed by atoms with Crippen LogP contribution in [-0.2, 0) is 9.53 Å². The molecule has 132 valence electrons. The summed E-state index contributed by atoms with van der Waals surface area (Å²) in [5, 5.41) is 0. The third kappa shape index (κ3) is 2.98. The maximum atomic E-state index is 13.1. The zero-order valence-electron chi connectivity index (χ0n) is 14.8. The minimum Gasteiger partial charge on any atom is -0.383 e. The molecule has 7 nitrogen and oxygen atoms in total. The molecule has 0 saturated carbocycles. The minimum atomic E-state index is -0.380. The first kappa shape index (κ1) is 17.1. The molecule has 0 N–H and O–H groups in total. The monoisotopic (exact) mass is 333 g/mol. The van der Waals surface area contributed by atoms with Gasteiger partial charge in [-0.25, -0.2) is 9.97 Å². The lowest BCUT2D eigenvalue weighted by Gasteiger charge is -2.45. The quantitative estimate of drug-likeness (QED) is 0.781. The van der Waals surface area contributed by atoms with Gasteiger partial charge in [0.15, 0.2) is 0 Å². The van der Waals surface area contributed by atoms with E-state index < -0.39 is 0 Å². The predicted molar refractivity (Wildman–Crippen MR) is 91.8 cm³/mol. The van der Waals surface area contributed by atoms with Gasteiger partial charge in [0.25, 0.3) is 0 Å². The summed E-state index contributed by atoms with van der Waals surface area (Å²) in [5.41, 5.74) is -0.380. The first-order valence-corrected chi connectivity index (χ1v) is 8.55. The van der Waals surface area contributed by atoms with Gasteiger partial charge >= 0.3 is 0 Å². The summed E-state index contributed by atoms with van der Waals surface area (Å²) in [4.78, 5) is 28.3. The van der Waals surface area contributed by atoms with E-state index in [1.165, 1.54) is 0 Å². The number of piperidine rings is 1. The average Bonchev–Trinajstić information content (AvgIpc) is 2.99. The number of likely N-dealkylation sites (tertiary alicyclic amines) is 1. The van der Waals surface area contributed by atoms with Crippen molar-refractivity contribution >= 4 is 11.9 Å². The molecule has 0 radical (unpaired) electrons. The van der Waals surface area contributed by atoms with Crippen molar-refractivity contribution in [1.82, 2.24) is 19.8 Å². The average molecular weight is 333 g/mol. The zero-order chi connectivity index (χ0) is 17.2. The van der Waals surface area contributed by atoms with Crippen LogP contribution in [0.15, 0.2) is 18.5 Å². The fourth-order valence-corrected chi connectivity index (χ4v) is 4.18. The third-order valence-corrected chi connectivity index (χ3v) is 5.23. The van der Waals surface area contributed by atoms with Gasteiger partial charge in [0.2, 0.25) is 11.9 Å². The summed E-state index contributed by atoms with van der Waals surface area (Å²) < 4.78 is 5.23. The lowest BCUT2D eigenvalue weighted by Crippen LogP contribution is -2.58. The molecule has 2 aliphatic rings. The topological polar surface area (TPSA) is 61.8 Å². The maximum Gasteiger partial charge on any atom is 0.231 e. The molecular weight excluding hydrogens is 306 g/mol. The van der Waals surface area contributed by atoms with Gasteiger partial charge in [-0.2, -0.15) is 0 Å². The Morgan fingerprint density at radius 1 is 1.42 bits per heavy atom. The summed E-state index contributed by atoms with van der Waals surface area (Å²) in [7, 11) is 5.42. The Hall–Kier alpha value is -1.73. The van der Waals surface area contributed by atoms with Gasteiger partial charge in [-0.1, -0.05) is 0 Å². The first-order valence-electron chi connectivity index (χ1n) is 8.55. The van der Waals surface area contributed by atoms with Gasteiger partial charge in [-0.05, 0) is 18.9 Å². The van der Waals surface area contributed by atoms with E-state index >= 15 is 0 Å². The van der Waals surface area contributed by atoms with E-state index in [0.29, 0.717) is 6.61 Å². The number of nitrogens with zero attached hydrogens (tertiary/aromatic N) is 5. The number of carbonyl (C=O) groups is 1. The lowest BCUT2D eigenvalue weighted by molar-refractivity contribution is -0.140. The Bertz CT molecular complexity index is 567. The number of hydrogen-bond acceptors (Lipinski definition) is 6. The lowest BCUT2D eigenvalue weighted by atomic mass is 9.74. The van der Waals surface area contributed by atoms with Crippen molar-refractivity contribution in [3.63, 3.8) is 0 Å². The number of amides is 1. The van der Waals surface area contributed by atoms with Crippen molar-refractivity contribution in [3.8, 4) is 0 Å². The SMILES string of the molecule is COCCN1C[C@@H]2N(c3ncccn3)CCC[C@]2(C(=O)N(C)C)C1. The highest BCUT2D eigenvalue weighted by molar-refractivity contribution is 5.85. The van der Waals surface area contributed by atoms with Crippen molar-refractivity contribution in [2.45, 2.75) is 18.9 Å². The molecule has 24 heavy (non-hydrogen) atoms. The van der Waals surface area contributed by atoms with Crippen molar-refractivity contribution in [1.29, 1.82) is 0 Å². The van der Waals surface area contributed by atoms with Gasteiger partial charge in [0.1, 0.15) is 0 Å². The van der Waals surface area contributed by atoms with Gasteiger partial charge in [0, 0.05) is 59.8 Å². The van der Waals surface area contributed by atoms with Gasteiger partial charge in [-0.15, -0.1) is 0 Å². The molecule has 2 saturated heterocycles. The fourth-order valence-electron chi connectivity index (χ4n) is 4.18. The highest BCUT2D eigenvalue weighted by Gasteiger charge is 2.56. The van der Waals surface area contributed by atoms with Crippen molar-refractivity contribution in [3.05, 3.63) is 18.5 Å². The van der Waals surface area contributed by atoms with E-state index in [9.17, 15) is 4.79 Å². The molecule has 1 aromatic rings. The van der Waals surface area contributed by atoms with Crippen molar-refractivity contribution in [2.24, 2.45) is 5.41 Å². The normalized spacial score (nSPS) is 27.1. The molecule has 3 rings (SSSR count). The van der Waals surface area contributed by atoms with Crippen LogP contribution in [0.2, 0.25) is 0 Å². The van der Waals surface area contributed by atoms with Crippen LogP contribution in [0.1, 0.15) is 12.8 Å². The number of hydrogen-bond donors (Lipinski definition) is 0. The number of aromatic nitrogens is 2. The largest absolute Gasteiger partial charge is 0.383 e. The van der Waals surface area contributed by atoms with Gasteiger partial charge in [0.05, 0.1) is 18.1 Å². The number of carbonyl (C=O) groups excluding carboxylic acids is 1. The molecule has 7 heteroatoms. The van der Waals surface area contributed by atoms with E-state index in [0.717, 1.165) is 45.0 Å². The summed E-state index contributed by atoms with van der Waals surface area (Å²) in [6.07, 6.45) is 5.43. The van der Waals surface area contributed by atoms with Crippen LogP contribution in [0.25, 0.3) is 0 Å². The first-order chi connectivity index (χ1) is 11.6. The predicted octanol–water partition coefficient (Wildman–Crippen LogP) is 0.482. The van der Waals surface area contributed by atoms with E-state index in [1.807, 2.05) is 20.2 Å². The van der Waals surface area contributed by atoms with Crippen LogP contribution >= 0.6 is 0 Å². The molecule has 1 amide bonds. The number of ether oxygens (including phenoxy) is 1. The molecule has 0 aromatic carbocycles. The summed E-state index contributed by atoms with van der Waals surface area (Å²) in [6, 6.07) is 1.94. The molecular formula is C17H27N5O2. The van der Waals surface area contributed by atoms with Crippen LogP contribution in [0.4, 0.5) is 5.95 Å². The molecule has 0 unspecified atom stereocenters. The molecule has 0 spiro atoms. The second kappa shape index (κ2) is 7.03. The van der Waals surface area contributed by atoms with Crippen LogP contribution in [0.5, 0.6) is 0 Å². The molecule has 2 atom stereocenters. The highest BCUT2D eigenvalue weighted by atomic mass is 16.5. The maximum absolute atomic E-state index is 13.1. The Labute approximate surface area is 143 Å². The summed E-state index contributed by atoms with van der Waals surface area (Å²) in [6.45, 7) is 4.05. The number of rotatable bonds is 5. The number of fused-ring (bicyclic) bond motifs is 1. The highest BCUT2D eigenvalue weighted by Crippen LogP contribution is 2.43. The van der Waals surface area contributed by atoms with Crippen LogP contribution in [-0.4, -0.2) is 85.7 Å². The molecule has 3 heterocycles. The Morgan fingerprint density at radius 3 is 2.83 bits per heavy atom. The van der Waals surface area contributed by atoms with Crippen molar-refractivity contribution < 1.29 is 9.53 Å². The molecule has 0 bridgehead atoms. The standard InChI is InChI=1S/C17H27N5O2/c1-20(2)15(23)17-6-4-9-22(16-18-7-5-8-19-16)14(17)12-21(13-17)10-11-24-3/h5,7-8,14H,4,6,9-13H2,1-3H3/t14-,17-/m0/s1. The van der Waals surface area contributed by atoms with Gasteiger partial charge < -0.3 is 14.5 Å². The van der Waals surface area contributed by atoms with E-state index in [4.69, 9.17) is 4.74 Å². The Morgan fingerprint density at radius 2 is 2.17 bits per heavy atom. The van der Waals surface area contributed by atoms with E-state index in [1.54, 1.807) is 24.4 Å². The fraction of sp³-hybridized carbons (Fsp3) is 0.706. The van der Waals surface area contributed by atoms with Crippen molar-refractivity contribution in [2.75, 3.05) is 58.9 Å². The number of methoxy groups -OCH3 is 1.